The van der Waals surface area contributed by atoms with Crippen molar-refractivity contribution in [3.8, 4) is 0 Å². The smallest absolute Gasteiger partial charge is 0.327 e. The van der Waals surface area contributed by atoms with Crippen molar-refractivity contribution < 1.29 is 18.0 Å². The van der Waals surface area contributed by atoms with Crippen LogP contribution in [0.25, 0.3) is 5.53 Å². The lowest BCUT2D eigenvalue weighted by atomic mass is 10.2. The first-order valence-electron chi connectivity index (χ1n) is 6.93. The Labute approximate surface area is 129 Å². The van der Waals surface area contributed by atoms with Crippen molar-refractivity contribution in [1.82, 2.24) is 4.31 Å². The molecule has 1 atom stereocenters. The van der Waals surface area contributed by atoms with Crippen LogP contribution in [0.2, 0.25) is 0 Å². The zero-order valence-corrected chi connectivity index (χ0v) is 13.0. The van der Waals surface area contributed by atoms with Crippen LogP contribution in [0.4, 0.5) is 0 Å². The van der Waals surface area contributed by atoms with E-state index in [1.165, 1.54) is 10.4 Å². The quantitative estimate of drug-likeness (QED) is 0.357. The summed E-state index contributed by atoms with van der Waals surface area (Å²) in [6.45, 7) is 2.32. The van der Waals surface area contributed by atoms with Crippen LogP contribution in [0.1, 0.15) is 18.4 Å². The molecule has 0 aromatic heterocycles. The Morgan fingerprint density at radius 3 is 2.68 bits per heavy atom. The van der Waals surface area contributed by atoms with E-state index in [0.29, 0.717) is 13.0 Å². The van der Waals surface area contributed by atoms with Crippen LogP contribution in [0.15, 0.2) is 41.3 Å². The van der Waals surface area contributed by atoms with Crippen LogP contribution in [-0.4, -0.2) is 42.1 Å². The van der Waals surface area contributed by atoms with Gasteiger partial charge in [0.25, 0.3) is 5.78 Å². The number of carbonyl (C=O) groups is 1. The molecule has 0 amide bonds. The lowest BCUT2D eigenvalue weighted by Crippen LogP contribution is -2.34. The van der Waals surface area contributed by atoms with Crippen LogP contribution in [0.5, 0.6) is 0 Å². The first-order valence-corrected chi connectivity index (χ1v) is 8.37. The fourth-order valence-electron chi connectivity index (χ4n) is 2.41. The number of allylic oxidation sites excluding steroid dienone is 1. The van der Waals surface area contributed by atoms with Gasteiger partial charge in [0, 0.05) is 12.6 Å². The Hall–Kier alpha value is -2.08. The number of benzene rings is 1. The first kappa shape index (κ1) is 16.3. The second kappa shape index (κ2) is 6.79. The third-order valence-electron chi connectivity index (χ3n) is 3.54. The first-order chi connectivity index (χ1) is 10.4. The van der Waals surface area contributed by atoms with Gasteiger partial charge in [0.1, 0.15) is 0 Å². The maximum Gasteiger partial charge on any atom is 0.327 e. The largest absolute Gasteiger partial charge is 0.361 e. The zero-order chi connectivity index (χ0) is 16.2. The van der Waals surface area contributed by atoms with E-state index in [4.69, 9.17) is 5.53 Å². The van der Waals surface area contributed by atoms with Gasteiger partial charge in [0.05, 0.1) is 4.90 Å². The number of ketones is 1. The highest BCUT2D eigenvalue weighted by Crippen LogP contribution is 2.26. The summed E-state index contributed by atoms with van der Waals surface area (Å²) in [5, 5.41) is 0. The number of nitrogens with zero attached hydrogens (tertiary/aromatic N) is 3. The molecule has 2 rings (SSSR count). The van der Waals surface area contributed by atoms with Crippen LogP contribution in [0.3, 0.4) is 0 Å². The summed E-state index contributed by atoms with van der Waals surface area (Å²) in [4.78, 5) is 14.2. The van der Waals surface area contributed by atoms with E-state index in [2.05, 4.69) is 4.79 Å². The van der Waals surface area contributed by atoms with E-state index in [9.17, 15) is 13.2 Å². The minimum Gasteiger partial charge on any atom is -0.361 e. The third kappa shape index (κ3) is 3.57. The molecule has 0 saturated carbocycles. The fourth-order valence-corrected chi connectivity index (χ4v) is 4.06. The molecule has 1 aromatic rings. The van der Waals surface area contributed by atoms with Crippen molar-refractivity contribution in [1.29, 1.82) is 0 Å². The number of carbonyl (C=O) groups excluding carboxylic acids is 1. The van der Waals surface area contributed by atoms with Crippen LogP contribution >= 0.6 is 0 Å². The van der Waals surface area contributed by atoms with E-state index in [0.717, 1.165) is 18.2 Å². The second-order valence-corrected chi connectivity index (χ2v) is 7.03. The molecular weight excluding hydrogens is 302 g/mol. The fraction of sp³-hybridized carbons (Fsp3) is 0.333. The van der Waals surface area contributed by atoms with Crippen molar-refractivity contribution in [2.45, 2.75) is 30.7 Å². The van der Waals surface area contributed by atoms with Crippen molar-refractivity contribution in [2.75, 3.05) is 6.54 Å². The second-order valence-electron chi connectivity index (χ2n) is 5.14. The molecular formula is C15H17N3O3S. The topological polar surface area (TPSA) is 90.9 Å². The Morgan fingerprint density at radius 1 is 1.36 bits per heavy atom. The van der Waals surface area contributed by atoms with Crippen molar-refractivity contribution >= 4 is 22.0 Å². The molecule has 0 aliphatic carbocycles. The lowest BCUT2D eigenvalue weighted by Gasteiger charge is -2.21. The van der Waals surface area contributed by atoms with Gasteiger partial charge in [-0.3, -0.25) is 4.79 Å². The molecule has 1 aliphatic rings. The monoisotopic (exact) mass is 319 g/mol. The molecule has 0 N–H and O–H groups in total. The molecule has 1 saturated heterocycles. The molecule has 0 unspecified atom stereocenters. The normalized spacial score (nSPS) is 19.2. The van der Waals surface area contributed by atoms with Gasteiger partial charge in [-0.25, -0.2) is 8.42 Å². The molecule has 22 heavy (non-hydrogen) atoms. The maximum absolute atomic E-state index is 12.7. The van der Waals surface area contributed by atoms with Crippen LogP contribution < -0.4 is 0 Å². The summed E-state index contributed by atoms with van der Waals surface area (Å²) in [6.07, 6.45) is 4.94. The van der Waals surface area contributed by atoms with Crippen LogP contribution in [-0.2, 0) is 14.8 Å². The molecule has 1 aliphatic heterocycles. The summed E-state index contributed by atoms with van der Waals surface area (Å²) in [5.41, 5.74) is 9.28. The lowest BCUT2D eigenvalue weighted by molar-refractivity contribution is -0.111. The SMILES string of the molecule is Cc1ccc(S(=O)(=O)N2CCC[C@H]2/C=C/C(=O)C=[N+]=[N-])cc1. The molecule has 1 heterocycles. The summed E-state index contributed by atoms with van der Waals surface area (Å²) in [7, 11) is -3.58. The number of rotatable bonds is 5. The van der Waals surface area contributed by atoms with Gasteiger partial charge < -0.3 is 5.53 Å². The van der Waals surface area contributed by atoms with Gasteiger partial charge in [-0.05, 0) is 38.0 Å². The van der Waals surface area contributed by atoms with E-state index in [1.807, 2.05) is 6.92 Å². The van der Waals surface area contributed by atoms with E-state index < -0.39 is 15.8 Å². The van der Waals surface area contributed by atoms with Gasteiger partial charge in [-0.15, -0.1) is 0 Å². The molecule has 0 bridgehead atoms. The summed E-state index contributed by atoms with van der Waals surface area (Å²) in [5.74, 6) is -0.484. The third-order valence-corrected chi connectivity index (χ3v) is 5.48. The Kier molecular flexibility index (Phi) is 5.03. The molecule has 116 valence electrons. The summed E-state index contributed by atoms with van der Waals surface area (Å²) >= 11 is 0. The Balaban J connectivity index is 2.24. The zero-order valence-electron chi connectivity index (χ0n) is 12.2. The molecule has 6 nitrogen and oxygen atoms in total. The minimum absolute atomic E-state index is 0.252. The van der Waals surface area contributed by atoms with Crippen molar-refractivity contribution in [2.24, 2.45) is 0 Å². The van der Waals surface area contributed by atoms with Gasteiger partial charge in [0.2, 0.25) is 10.0 Å². The highest BCUT2D eigenvalue weighted by Gasteiger charge is 2.33. The van der Waals surface area contributed by atoms with Crippen molar-refractivity contribution in [3.05, 3.63) is 47.5 Å². The summed E-state index contributed by atoms with van der Waals surface area (Å²) in [6, 6.07) is 6.34. The number of hydrogen-bond donors (Lipinski definition) is 0. The van der Waals surface area contributed by atoms with E-state index in [1.54, 1.807) is 30.3 Å². The average Bonchev–Trinajstić information content (AvgIpc) is 2.95. The van der Waals surface area contributed by atoms with Gasteiger partial charge in [-0.2, -0.15) is 9.10 Å². The number of aryl methyl sites for hydroxylation is 1. The molecule has 0 radical (unpaired) electrons. The van der Waals surface area contributed by atoms with Crippen LogP contribution in [0, 0.1) is 6.92 Å². The Bertz CT molecular complexity index is 732. The van der Waals surface area contributed by atoms with E-state index in [-0.39, 0.29) is 10.9 Å². The van der Waals surface area contributed by atoms with Gasteiger partial charge >= 0.3 is 6.21 Å². The predicted molar refractivity (Wildman–Crippen MR) is 81.9 cm³/mol. The average molecular weight is 319 g/mol. The minimum atomic E-state index is -3.58. The maximum atomic E-state index is 12.7. The van der Waals surface area contributed by atoms with E-state index >= 15 is 0 Å². The van der Waals surface area contributed by atoms with Crippen molar-refractivity contribution in [3.63, 3.8) is 0 Å². The highest BCUT2D eigenvalue weighted by atomic mass is 32.2. The standard InChI is InChI=1S/C15H17N3O3S/c1-12-4-8-15(9-5-12)22(20,21)18-10-2-3-13(18)6-7-14(19)11-17-16/h4-9,11,13H,2-3,10H2,1H3/b7-6+/t13-/m0/s1. The predicted octanol–water partition coefficient (Wildman–Crippen LogP) is 1.57. The number of sulfonamides is 1. The number of hydrogen-bond acceptors (Lipinski definition) is 3. The molecule has 0 spiro atoms. The summed E-state index contributed by atoms with van der Waals surface area (Å²) < 4.78 is 26.7. The highest BCUT2D eigenvalue weighted by molar-refractivity contribution is 7.89. The Morgan fingerprint density at radius 2 is 2.05 bits per heavy atom. The molecule has 1 aromatic carbocycles. The van der Waals surface area contributed by atoms with Gasteiger partial charge in [0.15, 0.2) is 0 Å². The molecule has 7 heteroatoms. The van der Waals surface area contributed by atoms with Gasteiger partial charge in [-0.1, -0.05) is 23.8 Å². The molecule has 1 fully saturated rings.